The van der Waals surface area contributed by atoms with Crippen LogP contribution in [-0.4, -0.2) is 36.7 Å². The van der Waals surface area contributed by atoms with Gasteiger partial charge in [-0.1, -0.05) is 48.9 Å². The van der Waals surface area contributed by atoms with Gasteiger partial charge in [0.05, 0.1) is 35.0 Å². The molecule has 1 unspecified atom stereocenters. The molecule has 0 spiro atoms. The highest BCUT2D eigenvalue weighted by atomic mass is 35.5. The summed E-state index contributed by atoms with van der Waals surface area (Å²) in [7, 11) is 0. The molecule has 10 nitrogen and oxygen atoms in total. The van der Waals surface area contributed by atoms with Crippen LogP contribution in [0.4, 0.5) is 0 Å². The van der Waals surface area contributed by atoms with Gasteiger partial charge in [0.2, 0.25) is 0 Å². The average molecular weight is 624 g/mol. The zero-order valence-electron chi connectivity index (χ0n) is 25.0. The Kier molecular flexibility index (Phi) is 6.96. The van der Waals surface area contributed by atoms with Crippen molar-refractivity contribution in [3.05, 3.63) is 115 Å². The van der Waals surface area contributed by atoms with E-state index in [0.717, 1.165) is 5.69 Å². The molecule has 0 bridgehead atoms. The summed E-state index contributed by atoms with van der Waals surface area (Å²) in [5, 5.41) is 9.67. The number of carbonyl (C=O) groups excluding carboxylic acids is 1. The first-order chi connectivity index (χ1) is 21.6. The second-order valence-corrected chi connectivity index (χ2v) is 12.5. The number of aromatic nitrogens is 5. The van der Waals surface area contributed by atoms with Crippen LogP contribution in [0, 0.1) is 5.41 Å². The molecule has 3 aromatic carbocycles. The molecule has 2 aromatic heterocycles. The van der Waals surface area contributed by atoms with Crippen LogP contribution in [0.1, 0.15) is 50.9 Å². The summed E-state index contributed by atoms with van der Waals surface area (Å²) in [4.78, 5) is 41.6. The Balaban J connectivity index is 1.28. The number of Topliss-reactive ketones (excluding diaryl/α,β-unsaturated/α-hetero) is 1. The van der Waals surface area contributed by atoms with E-state index in [1.807, 2.05) is 39.0 Å². The first kappa shape index (κ1) is 28.8. The van der Waals surface area contributed by atoms with E-state index in [9.17, 15) is 14.4 Å². The van der Waals surface area contributed by atoms with Gasteiger partial charge in [-0.15, -0.1) is 5.10 Å². The van der Waals surface area contributed by atoms with Gasteiger partial charge >= 0.3 is 0 Å². The maximum Gasteiger partial charge on any atom is 0.277 e. The fourth-order valence-corrected chi connectivity index (χ4v) is 6.44. The molecule has 0 saturated heterocycles. The summed E-state index contributed by atoms with van der Waals surface area (Å²) in [6.07, 6.45) is 2.57. The predicted octanol–water partition coefficient (Wildman–Crippen LogP) is 5.58. The van der Waals surface area contributed by atoms with Gasteiger partial charge in [-0.25, -0.2) is 14.0 Å². The Morgan fingerprint density at radius 3 is 2.38 bits per heavy atom. The van der Waals surface area contributed by atoms with Crippen LogP contribution in [0.3, 0.4) is 0 Å². The molecule has 0 N–H and O–H groups in total. The number of ether oxygens (including phenoxy) is 2. The van der Waals surface area contributed by atoms with Crippen molar-refractivity contribution in [1.82, 2.24) is 24.4 Å². The lowest BCUT2D eigenvalue weighted by molar-refractivity contribution is -0.118. The molecule has 1 atom stereocenters. The number of halogens is 1. The van der Waals surface area contributed by atoms with Crippen molar-refractivity contribution in [3.8, 4) is 17.2 Å². The SMILES string of the molecule is CCOc1cc(C2C3=C(CC(C)(C)CC3=O)n3c(=O)c4ccccc4c(=O)n32)ccc1OCc1cn(-c2ccc(Cl)cc2)nn1. The van der Waals surface area contributed by atoms with Crippen LogP contribution in [0.15, 0.2) is 88.1 Å². The van der Waals surface area contributed by atoms with Crippen LogP contribution >= 0.6 is 11.6 Å². The minimum atomic E-state index is -0.791. The molecule has 0 saturated carbocycles. The van der Waals surface area contributed by atoms with Gasteiger partial charge in [0.1, 0.15) is 18.3 Å². The molecule has 0 amide bonds. The number of rotatable bonds is 7. The Bertz CT molecular complexity index is 2140. The van der Waals surface area contributed by atoms with Crippen molar-refractivity contribution < 1.29 is 14.3 Å². The number of hydrogen-bond donors (Lipinski definition) is 0. The van der Waals surface area contributed by atoms with Crippen molar-refractivity contribution in [2.24, 2.45) is 5.41 Å². The van der Waals surface area contributed by atoms with Gasteiger partial charge in [0.25, 0.3) is 11.1 Å². The van der Waals surface area contributed by atoms with Gasteiger partial charge in [-0.05, 0) is 72.9 Å². The summed E-state index contributed by atoms with van der Waals surface area (Å²) in [5.41, 5.74) is 2.09. The maximum atomic E-state index is 14.0. The van der Waals surface area contributed by atoms with Gasteiger partial charge in [-0.2, -0.15) is 0 Å². The standard InChI is InChI=1S/C34H30ClN5O5/c1-4-44-29-15-20(9-14-28(29)45-19-22-18-38(37-36-22)23-12-10-21(35)11-13-23)31-30-26(16-34(2,3)17-27(30)41)39-32(42)24-7-5-6-8-25(24)33(43)40(31)39/h5-15,18,31H,4,16-17,19H2,1-3H3. The maximum absolute atomic E-state index is 14.0. The number of benzene rings is 3. The van der Waals surface area contributed by atoms with E-state index in [2.05, 4.69) is 10.3 Å². The van der Waals surface area contributed by atoms with E-state index >= 15 is 0 Å². The third kappa shape index (κ3) is 4.95. The molecule has 45 heavy (non-hydrogen) atoms. The number of hydrogen-bond acceptors (Lipinski definition) is 7. The lowest BCUT2D eigenvalue weighted by Crippen LogP contribution is -2.37. The number of fused-ring (bicyclic) bond motifs is 3. The zero-order valence-corrected chi connectivity index (χ0v) is 25.7. The normalized spacial score (nSPS) is 17.0. The molecule has 3 heterocycles. The lowest BCUT2D eigenvalue weighted by Gasteiger charge is -2.30. The Labute approximate surface area is 263 Å². The second-order valence-electron chi connectivity index (χ2n) is 12.1. The van der Waals surface area contributed by atoms with Gasteiger partial charge in [0.15, 0.2) is 17.3 Å². The van der Waals surface area contributed by atoms with Crippen molar-refractivity contribution in [3.63, 3.8) is 0 Å². The summed E-state index contributed by atoms with van der Waals surface area (Å²) >= 11 is 6.00. The van der Waals surface area contributed by atoms with Crippen LogP contribution < -0.4 is 20.6 Å². The zero-order chi connectivity index (χ0) is 31.5. The van der Waals surface area contributed by atoms with Crippen molar-refractivity contribution in [1.29, 1.82) is 0 Å². The van der Waals surface area contributed by atoms with E-state index in [1.165, 1.54) is 9.36 Å². The largest absolute Gasteiger partial charge is 0.490 e. The molecule has 228 valence electrons. The van der Waals surface area contributed by atoms with Crippen LogP contribution in [0.25, 0.3) is 22.2 Å². The topological polar surface area (TPSA) is 110 Å². The van der Waals surface area contributed by atoms with Gasteiger partial charge < -0.3 is 9.47 Å². The number of ketones is 1. The fraction of sp³-hybridized carbons (Fsp3) is 0.265. The molecule has 2 aliphatic rings. The highest BCUT2D eigenvalue weighted by molar-refractivity contribution is 6.30. The van der Waals surface area contributed by atoms with Crippen LogP contribution in [0.2, 0.25) is 5.02 Å². The van der Waals surface area contributed by atoms with Crippen molar-refractivity contribution >= 4 is 33.9 Å². The minimum Gasteiger partial charge on any atom is -0.490 e. The molecule has 1 aliphatic heterocycles. The number of nitrogens with zero attached hydrogens (tertiary/aromatic N) is 5. The molecule has 5 aromatic rings. The van der Waals surface area contributed by atoms with Crippen LogP contribution in [-0.2, 0) is 11.4 Å². The lowest BCUT2D eigenvalue weighted by atomic mass is 9.74. The second kappa shape index (κ2) is 10.9. The Hall–Kier alpha value is -4.96. The molecular formula is C34H30ClN5O5. The average Bonchev–Trinajstić information content (AvgIpc) is 3.62. The molecule has 11 heteroatoms. The first-order valence-corrected chi connectivity index (χ1v) is 15.1. The minimum absolute atomic E-state index is 0.0765. The van der Waals surface area contributed by atoms with E-state index in [-0.39, 0.29) is 28.9 Å². The highest BCUT2D eigenvalue weighted by Gasteiger charge is 2.44. The molecule has 7 rings (SSSR count). The molecule has 0 radical (unpaired) electrons. The van der Waals surface area contributed by atoms with Crippen LogP contribution in [0.5, 0.6) is 11.5 Å². The summed E-state index contributed by atoms with van der Waals surface area (Å²) < 4.78 is 16.6. The van der Waals surface area contributed by atoms with E-state index in [0.29, 0.717) is 69.3 Å². The quantitative estimate of drug-likeness (QED) is 0.233. The summed E-state index contributed by atoms with van der Waals surface area (Å²) in [6, 6.07) is 18.6. The van der Waals surface area contributed by atoms with Crippen molar-refractivity contribution in [2.45, 2.75) is 46.3 Å². The third-order valence-electron chi connectivity index (χ3n) is 8.26. The predicted molar refractivity (Wildman–Crippen MR) is 170 cm³/mol. The van der Waals surface area contributed by atoms with E-state index in [4.69, 9.17) is 21.1 Å². The molecule has 1 aliphatic carbocycles. The smallest absolute Gasteiger partial charge is 0.277 e. The van der Waals surface area contributed by atoms with Gasteiger partial charge in [-0.3, -0.25) is 14.4 Å². The molecular weight excluding hydrogens is 594 g/mol. The third-order valence-corrected chi connectivity index (χ3v) is 8.52. The summed E-state index contributed by atoms with van der Waals surface area (Å²) in [6.45, 7) is 6.36. The first-order valence-electron chi connectivity index (χ1n) is 14.7. The van der Waals surface area contributed by atoms with Crippen molar-refractivity contribution in [2.75, 3.05) is 6.61 Å². The van der Waals surface area contributed by atoms with E-state index < -0.39 is 6.04 Å². The fourth-order valence-electron chi connectivity index (χ4n) is 6.32. The van der Waals surface area contributed by atoms with Gasteiger partial charge in [0, 0.05) is 17.0 Å². The monoisotopic (exact) mass is 623 g/mol. The van der Waals surface area contributed by atoms with E-state index in [1.54, 1.807) is 59.4 Å². The highest BCUT2D eigenvalue weighted by Crippen LogP contribution is 2.47. The number of carbonyl (C=O) groups is 1. The Morgan fingerprint density at radius 2 is 1.64 bits per heavy atom. The number of allylic oxidation sites excluding steroid dienone is 2. The summed E-state index contributed by atoms with van der Waals surface area (Å²) in [5.74, 6) is 0.834. The molecule has 0 fully saturated rings. The Morgan fingerprint density at radius 1 is 0.911 bits per heavy atom.